The van der Waals surface area contributed by atoms with Crippen molar-refractivity contribution >= 4 is 11.9 Å². The lowest BCUT2D eigenvalue weighted by molar-refractivity contribution is -0.143. The van der Waals surface area contributed by atoms with Crippen LogP contribution in [0.5, 0.6) is 0 Å². The molecule has 0 spiro atoms. The number of carbonyl (C=O) groups is 2. The molecule has 0 saturated heterocycles. The van der Waals surface area contributed by atoms with Crippen molar-refractivity contribution in [3.05, 3.63) is 48.6 Å². The van der Waals surface area contributed by atoms with E-state index in [0.717, 1.165) is 51.4 Å². The van der Waals surface area contributed by atoms with E-state index in [1.165, 1.54) is 308 Å². The molecule has 0 aliphatic carbocycles. The molecular weight excluding hydrogens is 983 g/mol. The summed E-state index contributed by atoms with van der Waals surface area (Å²) in [5.74, 6) is -0.0600. The Bertz CT molecular complexity index is 1340. The Labute approximate surface area is 499 Å². The molecule has 0 aromatic rings. The van der Waals surface area contributed by atoms with Crippen LogP contribution in [0, 0.1) is 0 Å². The molecule has 2 atom stereocenters. The van der Waals surface area contributed by atoms with Crippen LogP contribution >= 0.6 is 0 Å². The minimum atomic E-state index is -0.844. The summed E-state index contributed by atoms with van der Waals surface area (Å²) in [5.41, 5.74) is 0. The van der Waals surface area contributed by atoms with Gasteiger partial charge in [0.05, 0.1) is 25.4 Å². The van der Waals surface area contributed by atoms with Crippen molar-refractivity contribution in [3.8, 4) is 0 Å². The van der Waals surface area contributed by atoms with Gasteiger partial charge in [0.15, 0.2) is 0 Å². The van der Waals surface area contributed by atoms with Gasteiger partial charge < -0.3 is 20.3 Å². The molecule has 6 heteroatoms. The molecule has 0 fully saturated rings. The molecule has 80 heavy (non-hydrogen) atoms. The molecule has 2 unspecified atom stereocenters. The zero-order valence-electron chi connectivity index (χ0n) is 53.8. The first-order valence-corrected chi connectivity index (χ1v) is 35.9. The standard InChI is InChI=1S/C74H139NO5/c1-3-5-7-9-11-13-15-17-19-35-39-42-46-50-54-58-62-66-72(77)71(70-76)75-73(78)67-63-59-55-51-47-43-40-36-33-31-29-27-25-23-21-20-22-24-26-28-30-32-34-37-41-45-49-53-57-61-65-69-80-74(79)68-64-60-56-52-48-44-38-18-16-14-12-10-8-6-4-2/h12,14,18,22,24,38,62,66,71-72,76-77H,3-11,13,15-17,19-21,23,25-37,39-61,63-65,67-70H2,1-2H3,(H,75,78)/b14-12-,24-22-,38-18-,66-62+. The summed E-state index contributed by atoms with van der Waals surface area (Å²) in [6.07, 6.45) is 90.5. The molecule has 0 aliphatic rings. The summed E-state index contributed by atoms with van der Waals surface area (Å²) in [4.78, 5) is 24.6. The van der Waals surface area contributed by atoms with Crippen molar-refractivity contribution in [1.82, 2.24) is 5.32 Å². The van der Waals surface area contributed by atoms with E-state index < -0.39 is 12.1 Å². The average Bonchev–Trinajstić information content (AvgIpc) is 3.46. The lowest BCUT2D eigenvalue weighted by Gasteiger charge is -2.20. The van der Waals surface area contributed by atoms with Gasteiger partial charge >= 0.3 is 5.97 Å². The highest BCUT2D eigenvalue weighted by Gasteiger charge is 2.18. The van der Waals surface area contributed by atoms with E-state index in [-0.39, 0.29) is 18.5 Å². The van der Waals surface area contributed by atoms with Gasteiger partial charge in [-0.3, -0.25) is 9.59 Å². The molecule has 1 amide bonds. The molecule has 0 rings (SSSR count). The fraction of sp³-hybridized carbons (Fsp3) is 0.865. The van der Waals surface area contributed by atoms with Gasteiger partial charge in [0, 0.05) is 12.8 Å². The maximum absolute atomic E-state index is 12.5. The number of hydrogen-bond acceptors (Lipinski definition) is 5. The molecule has 0 aromatic heterocycles. The third-order valence-corrected chi connectivity index (χ3v) is 16.6. The number of rotatable bonds is 67. The van der Waals surface area contributed by atoms with Crippen molar-refractivity contribution in [2.24, 2.45) is 0 Å². The van der Waals surface area contributed by atoms with Crippen molar-refractivity contribution in [3.63, 3.8) is 0 Å². The summed E-state index contributed by atoms with van der Waals surface area (Å²) in [6.45, 7) is 4.90. The van der Waals surface area contributed by atoms with E-state index in [1.54, 1.807) is 6.08 Å². The molecule has 0 heterocycles. The third-order valence-electron chi connectivity index (χ3n) is 16.6. The predicted molar refractivity (Wildman–Crippen MR) is 352 cm³/mol. The lowest BCUT2D eigenvalue weighted by atomic mass is 10.0. The minimum absolute atomic E-state index is 0.00344. The second-order valence-electron chi connectivity index (χ2n) is 24.6. The highest BCUT2D eigenvalue weighted by molar-refractivity contribution is 5.76. The monoisotopic (exact) mass is 1120 g/mol. The highest BCUT2D eigenvalue weighted by Crippen LogP contribution is 2.18. The number of hydrogen-bond donors (Lipinski definition) is 3. The Hall–Kier alpha value is -2.18. The molecule has 0 aromatic carbocycles. The number of carbonyl (C=O) groups excluding carboxylic acids is 2. The van der Waals surface area contributed by atoms with E-state index in [0.29, 0.717) is 19.4 Å². The van der Waals surface area contributed by atoms with Gasteiger partial charge in [-0.25, -0.2) is 0 Å². The van der Waals surface area contributed by atoms with Gasteiger partial charge in [0.2, 0.25) is 5.91 Å². The molecule has 0 bridgehead atoms. The fourth-order valence-corrected chi connectivity index (χ4v) is 11.1. The number of aliphatic hydroxyl groups is 2. The van der Waals surface area contributed by atoms with Crippen molar-refractivity contribution in [2.45, 2.75) is 398 Å². The summed E-state index contributed by atoms with van der Waals surface area (Å²) in [5, 5.41) is 23.2. The molecule has 0 aliphatic heterocycles. The Kier molecular flexibility index (Phi) is 67.4. The smallest absolute Gasteiger partial charge is 0.305 e. The fourth-order valence-electron chi connectivity index (χ4n) is 11.1. The van der Waals surface area contributed by atoms with Crippen LogP contribution in [0.4, 0.5) is 0 Å². The first kappa shape index (κ1) is 77.8. The number of amides is 1. The third kappa shape index (κ3) is 65.0. The van der Waals surface area contributed by atoms with Crippen molar-refractivity contribution in [1.29, 1.82) is 0 Å². The van der Waals surface area contributed by atoms with Gasteiger partial charge in [-0.15, -0.1) is 0 Å². The van der Waals surface area contributed by atoms with Crippen LogP contribution in [0.3, 0.4) is 0 Å². The van der Waals surface area contributed by atoms with Gasteiger partial charge in [-0.2, -0.15) is 0 Å². The van der Waals surface area contributed by atoms with E-state index in [2.05, 4.69) is 55.6 Å². The Morgan fingerprint density at radius 1 is 0.350 bits per heavy atom. The summed E-state index contributed by atoms with van der Waals surface area (Å²) in [7, 11) is 0. The molecule has 0 saturated carbocycles. The van der Waals surface area contributed by atoms with E-state index in [4.69, 9.17) is 4.74 Å². The molecule has 470 valence electrons. The summed E-state index contributed by atoms with van der Waals surface area (Å²) in [6, 6.07) is -0.627. The number of ether oxygens (including phenoxy) is 1. The van der Waals surface area contributed by atoms with Crippen molar-refractivity contribution < 1.29 is 24.5 Å². The van der Waals surface area contributed by atoms with E-state index in [9.17, 15) is 19.8 Å². The number of esters is 1. The number of aliphatic hydroxyl groups excluding tert-OH is 2. The largest absolute Gasteiger partial charge is 0.466 e. The maximum atomic E-state index is 12.5. The predicted octanol–water partition coefficient (Wildman–Crippen LogP) is 23.3. The number of allylic oxidation sites excluding steroid dienone is 7. The highest BCUT2D eigenvalue weighted by atomic mass is 16.5. The topological polar surface area (TPSA) is 95.9 Å². The zero-order valence-corrected chi connectivity index (χ0v) is 53.8. The van der Waals surface area contributed by atoms with Gasteiger partial charge in [-0.05, 0) is 89.9 Å². The number of unbranched alkanes of at least 4 members (excludes halogenated alkanes) is 50. The van der Waals surface area contributed by atoms with Crippen LogP contribution in [0.25, 0.3) is 0 Å². The second kappa shape index (κ2) is 69.3. The SMILES string of the molecule is CCCCC/C=C\C/C=C\CCCCCCCC(=O)OCCCCCCCCCCCCCC/C=C\CCCCCCCCCCCCCCCCCC(=O)NC(CO)C(O)/C=C/CCCCCCCCCCCCCCCCC. The normalized spacial score (nSPS) is 12.8. The molecule has 0 radical (unpaired) electrons. The van der Waals surface area contributed by atoms with Crippen LogP contribution in [0.15, 0.2) is 48.6 Å². The second-order valence-corrected chi connectivity index (χ2v) is 24.6. The zero-order chi connectivity index (χ0) is 57.8. The summed E-state index contributed by atoms with van der Waals surface area (Å²) >= 11 is 0. The molecule has 3 N–H and O–H groups in total. The summed E-state index contributed by atoms with van der Waals surface area (Å²) < 4.78 is 5.49. The Balaban J connectivity index is 3.38. The van der Waals surface area contributed by atoms with E-state index in [1.807, 2.05) is 6.08 Å². The van der Waals surface area contributed by atoms with Gasteiger partial charge in [0.1, 0.15) is 0 Å². The Morgan fingerprint density at radius 2 is 0.625 bits per heavy atom. The Morgan fingerprint density at radius 3 is 0.988 bits per heavy atom. The van der Waals surface area contributed by atoms with Crippen LogP contribution in [0.1, 0.15) is 386 Å². The van der Waals surface area contributed by atoms with Crippen LogP contribution < -0.4 is 5.32 Å². The first-order valence-electron chi connectivity index (χ1n) is 35.9. The van der Waals surface area contributed by atoms with Gasteiger partial charge in [-0.1, -0.05) is 332 Å². The number of nitrogens with one attached hydrogen (secondary N) is 1. The maximum Gasteiger partial charge on any atom is 0.305 e. The molecular formula is C74H139NO5. The minimum Gasteiger partial charge on any atom is -0.466 e. The first-order chi connectivity index (χ1) is 39.5. The van der Waals surface area contributed by atoms with Crippen molar-refractivity contribution in [2.75, 3.05) is 13.2 Å². The van der Waals surface area contributed by atoms with Crippen LogP contribution in [-0.2, 0) is 14.3 Å². The quantitative estimate of drug-likeness (QED) is 0.0320. The average molecular weight is 1120 g/mol. The van der Waals surface area contributed by atoms with Crippen LogP contribution in [-0.4, -0.2) is 47.4 Å². The van der Waals surface area contributed by atoms with Crippen LogP contribution in [0.2, 0.25) is 0 Å². The lowest BCUT2D eigenvalue weighted by Crippen LogP contribution is -2.45. The van der Waals surface area contributed by atoms with E-state index >= 15 is 0 Å². The van der Waals surface area contributed by atoms with Gasteiger partial charge in [0.25, 0.3) is 0 Å². The molecule has 6 nitrogen and oxygen atoms in total.